The lowest BCUT2D eigenvalue weighted by Crippen LogP contribution is -2.20. The summed E-state index contributed by atoms with van der Waals surface area (Å²) in [6, 6.07) is 0. The molecule has 1 N–H and O–H groups in total. The standard InChI is InChI=1S/C9H18N2O/c1-5-8(4)10-11-9(12)6-7(2)3/h7H,5-6H2,1-4H3,(H,11,12)/b10-8+. The number of amides is 1. The number of hydrogen-bond donors (Lipinski definition) is 1. The third-order valence-electron chi connectivity index (χ3n) is 1.48. The SMILES string of the molecule is CC/C(C)=N/NC(=O)CC(C)C. The van der Waals surface area contributed by atoms with Gasteiger partial charge in [0.15, 0.2) is 0 Å². The highest BCUT2D eigenvalue weighted by molar-refractivity contribution is 5.84. The van der Waals surface area contributed by atoms with Crippen LogP contribution < -0.4 is 5.43 Å². The summed E-state index contributed by atoms with van der Waals surface area (Å²) >= 11 is 0. The summed E-state index contributed by atoms with van der Waals surface area (Å²) in [7, 11) is 0. The molecule has 0 saturated carbocycles. The maximum absolute atomic E-state index is 11.1. The normalized spacial score (nSPS) is 11.9. The Kier molecular flexibility index (Phi) is 5.34. The van der Waals surface area contributed by atoms with E-state index in [4.69, 9.17) is 0 Å². The van der Waals surface area contributed by atoms with Crippen molar-refractivity contribution in [2.75, 3.05) is 0 Å². The smallest absolute Gasteiger partial charge is 0.240 e. The molecule has 1 amide bonds. The number of rotatable bonds is 4. The van der Waals surface area contributed by atoms with Gasteiger partial charge in [0.2, 0.25) is 5.91 Å². The Morgan fingerprint density at radius 3 is 2.50 bits per heavy atom. The summed E-state index contributed by atoms with van der Waals surface area (Å²) in [5, 5.41) is 3.91. The largest absolute Gasteiger partial charge is 0.273 e. The number of hydrazone groups is 1. The molecule has 12 heavy (non-hydrogen) atoms. The van der Waals surface area contributed by atoms with Gasteiger partial charge in [0.1, 0.15) is 0 Å². The highest BCUT2D eigenvalue weighted by Gasteiger charge is 2.02. The molecule has 0 heterocycles. The Morgan fingerprint density at radius 1 is 1.50 bits per heavy atom. The molecule has 0 bridgehead atoms. The second-order valence-electron chi connectivity index (χ2n) is 3.33. The molecule has 3 nitrogen and oxygen atoms in total. The van der Waals surface area contributed by atoms with Gasteiger partial charge < -0.3 is 0 Å². The van der Waals surface area contributed by atoms with E-state index >= 15 is 0 Å². The van der Waals surface area contributed by atoms with E-state index in [9.17, 15) is 4.79 Å². The second-order valence-corrected chi connectivity index (χ2v) is 3.33. The van der Waals surface area contributed by atoms with E-state index in [2.05, 4.69) is 10.5 Å². The summed E-state index contributed by atoms with van der Waals surface area (Å²) in [4.78, 5) is 11.1. The predicted octanol–water partition coefficient (Wildman–Crippen LogP) is 1.93. The Balaban J connectivity index is 3.71. The van der Waals surface area contributed by atoms with Gasteiger partial charge in [0.25, 0.3) is 0 Å². The summed E-state index contributed by atoms with van der Waals surface area (Å²) in [5.41, 5.74) is 3.46. The lowest BCUT2D eigenvalue weighted by atomic mass is 10.1. The third-order valence-corrected chi connectivity index (χ3v) is 1.48. The Bertz CT molecular complexity index is 173. The minimum Gasteiger partial charge on any atom is -0.273 e. The van der Waals surface area contributed by atoms with Crippen LogP contribution >= 0.6 is 0 Å². The van der Waals surface area contributed by atoms with Gasteiger partial charge in [-0.3, -0.25) is 4.79 Å². The Morgan fingerprint density at radius 2 is 2.08 bits per heavy atom. The lowest BCUT2D eigenvalue weighted by Gasteiger charge is -2.02. The number of carbonyl (C=O) groups excluding carboxylic acids is 1. The zero-order chi connectivity index (χ0) is 9.56. The average molecular weight is 170 g/mol. The van der Waals surface area contributed by atoms with Gasteiger partial charge >= 0.3 is 0 Å². The molecule has 3 heteroatoms. The van der Waals surface area contributed by atoms with Crippen molar-refractivity contribution < 1.29 is 4.79 Å². The van der Waals surface area contributed by atoms with Crippen molar-refractivity contribution in [1.29, 1.82) is 0 Å². The Hall–Kier alpha value is -0.860. The molecule has 0 aliphatic rings. The summed E-state index contributed by atoms with van der Waals surface area (Å²) < 4.78 is 0. The molecule has 0 aromatic heterocycles. The van der Waals surface area contributed by atoms with E-state index in [0.29, 0.717) is 12.3 Å². The minimum absolute atomic E-state index is 0.00204. The number of nitrogens with one attached hydrogen (secondary N) is 1. The summed E-state index contributed by atoms with van der Waals surface area (Å²) in [6.45, 7) is 7.93. The van der Waals surface area contributed by atoms with Crippen LogP contribution in [0.4, 0.5) is 0 Å². The van der Waals surface area contributed by atoms with Crippen LogP contribution in [0.5, 0.6) is 0 Å². The first-order chi connectivity index (χ1) is 5.56. The maximum Gasteiger partial charge on any atom is 0.240 e. The minimum atomic E-state index is -0.00204. The zero-order valence-corrected chi connectivity index (χ0v) is 8.35. The van der Waals surface area contributed by atoms with Crippen LogP contribution in [0.2, 0.25) is 0 Å². The molecule has 0 aliphatic carbocycles. The number of nitrogens with zero attached hydrogens (tertiary/aromatic N) is 1. The van der Waals surface area contributed by atoms with Gasteiger partial charge in [-0.25, -0.2) is 5.43 Å². The molecule has 0 atom stereocenters. The second kappa shape index (κ2) is 5.75. The van der Waals surface area contributed by atoms with E-state index in [0.717, 1.165) is 12.1 Å². The van der Waals surface area contributed by atoms with Gasteiger partial charge in [-0.1, -0.05) is 20.8 Å². The Labute approximate surface area is 74.2 Å². The molecule has 0 aromatic carbocycles. The first-order valence-electron chi connectivity index (χ1n) is 4.38. The monoisotopic (exact) mass is 170 g/mol. The van der Waals surface area contributed by atoms with Crippen molar-refractivity contribution >= 4 is 11.6 Å². The van der Waals surface area contributed by atoms with Crippen molar-refractivity contribution in [1.82, 2.24) is 5.43 Å². The highest BCUT2D eigenvalue weighted by Crippen LogP contribution is 1.97. The summed E-state index contributed by atoms with van der Waals surface area (Å²) in [6.07, 6.45) is 1.42. The number of hydrogen-bond acceptors (Lipinski definition) is 2. The number of carbonyl (C=O) groups is 1. The molecule has 0 spiro atoms. The van der Waals surface area contributed by atoms with Crippen LogP contribution in [0.25, 0.3) is 0 Å². The van der Waals surface area contributed by atoms with Gasteiger partial charge in [-0.2, -0.15) is 5.10 Å². The van der Waals surface area contributed by atoms with Gasteiger partial charge in [-0.05, 0) is 19.3 Å². The quantitative estimate of drug-likeness (QED) is 0.508. The van der Waals surface area contributed by atoms with Crippen molar-refractivity contribution in [3.05, 3.63) is 0 Å². The predicted molar refractivity (Wildman–Crippen MR) is 51.0 cm³/mol. The molecular weight excluding hydrogens is 152 g/mol. The first kappa shape index (κ1) is 11.1. The van der Waals surface area contributed by atoms with Gasteiger partial charge in [-0.15, -0.1) is 0 Å². The lowest BCUT2D eigenvalue weighted by molar-refractivity contribution is -0.121. The molecule has 0 saturated heterocycles. The van der Waals surface area contributed by atoms with Crippen molar-refractivity contribution in [2.45, 2.75) is 40.5 Å². The molecule has 0 aliphatic heterocycles. The summed E-state index contributed by atoms with van der Waals surface area (Å²) in [5.74, 6) is 0.389. The fourth-order valence-corrected chi connectivity index (χ4v) is 0.653. The van der Waals surface area contributed by atoms with Crippen molar-refractivity contribution in [3.8, 4) is 0 Å². The molecule has 0 aromatic rings. The topological polar surface area (TPSA) is 41.5 Å². The molecular formula is C9H18N2O. The van der Waals surface area contributed by atoms with E-state index in [1.54, 1.807) is 0 Å². The van der Waals surface area contributed by atoms with E-state index in [1.165, 1.54) is 0 Å². The fraction of sp³-hybridized carbons (Fsp3) is 0.778. The first-order valence-corrected chi connectivity index (χ1v) is 4.38. The van der Waals surface area contributed by atoms with Crippen LogP contribution in [0.3, 0.4) is 0 Å². The molecule has 0 unspecified atom stereocenters. The molecule has 70 valence electrons. The van der Waals surface area contributed by atoms with Gasteiger partial charge in [0, 0.05) is 12.1 Å². The van der Waals surface area contributed by atoms with E-state index in [-0.39, 0.29) is 5.91 Å². The third kappa shape index (κ3) is 5.89. The average Bonchev–Trinajstić information content (AvgIpc) is 1.99. The van der Waals surface area contributed by atoms with Crippen LogP contribution in [0.1, 0.15) is 40.5 Å². The maximum atomic E-state index is 11.1. The highest BCUT2D eigenvalue weighted by atomic mass is 16.2. The van der Waals surface area contributed by atoms with Crippen LogP contribution in [-0.4, -0.2) is 11.6 Å². The zero-order valence-electron chi connectivity index (χ0n) is 8.35. The van der Waals surface area contributed by atoms with E-state index in [1.807, 2.05) is 27.7 Å². The molecule has 0 fully saturated rings. The van der Waals surface area contributed by atoms with Crippen LogP contribution in [-0.2, 0) is 4.79 Å². The van der Waals surface area contributed by atoms with Crippen LogP contribution in [0, 0.1) is 5.92 Å². The van der Waals surface area contributed by atoms with Crippen molar-refractivity contribution in [3.63, 3.8) is 0 Å². The van der Waals surface area contributed by atoms with E-state index < -0.39 is 0 Å². The molecule has 0 rings (SSSR count). The molecule has 0 radical (unpaired) electrons. The van der Waals surface area contributed by atoms with Crippen molar-refractivity contribution in [2.24, 2.45) is 11.0 Å². The van der Waals surface area contributed by atoms with Crippen LogP contribution in [0.15, 0.2) is 5.10 Å². The fourth-order valence-electron chi connectivity index (χ4n) is 0.653. The van der Waals surface area contributed by atoms with Gasteiger partial charge in [0.05, 0.1) is 0 Å².